The van der Waals surface area contributed by atoms with Crippen molar-refractivity contribution >= 4 is 44.9 Å². The van der Waals surface area contributed by atoms with Crippen LogP contribution in [0.5, 0.6) is 0 Å². The number of rotatable bonds is 6. The predicted octanol–water partition coefficient (Wildman–Crippen LogP) is 3.43. The summed E-state index contributed by atoms with van der Waals surface area (Å²) in [5.41, 5.74) is 0.458. The van der Waals surface area contributed by atoms with Crippen LogP contribution in [0, 0.1) is 0 Å². The van der Waals surface area contributed by atoms with Crippen LogP contribution in [0.15, 0.2) is 18.2 Å². The van der Waals surface area contributed by atoms with Crippen LogP contribution >= 0.6 is 23.2 Å². The number of halogens is 2. The molecule has 0 radical (unpaired) electrons. The van der Waals surface area contributed by atoms with Crippen molar-refractivity contribution in [2.24, 2.45) is 0 Å². The minimum Gasteiger partial charge on any atom is -0.455 e. The molecule has 1 atom stereocenters. The zero-order valence-corrected chi connectivity index (χ0v) is 18.4. The molecule has 1 aromatic rings. The van der Waals surface area contributed by atoms with E-state index in [2.05, 4.69) is 0 Å². The van der Waals surface area contributed by atoms with Gasteiger partial charge in [-0.15, -0.1) is 0 Å². The molecular formula is C20H25Cl2NO5S. The molecule has 1 aliphatic heterocycles. The number of nitrogens with zero attached hydrogens (tertiary/aromatic N) is 1. The maximum atomic E-state index is 12.9. The summed E-state index contributed by atoms with van der Waals surface area (Å²) in [6.45, 7) is -0.409. The number of esters is 1. The van der Waals surface area contributed by atoms with Gasteiger partial charge >= 0.3 is 5.97 Å². The first-order valence-electron chi connectivity index (χ1n) is 9.87. The van der Waals surface area contributed by atoms with Crippen LogP contribution < -0.4 is 0 Å². The Morgan fingerprint density at radius 3 is 2.28 bits per heavy atom. The van der Waals surface area contributed by atoms with Gasteiger partial charge < -0.3 is 9.64 Å². The van der Waals surface area contributed by atoms with Crippen LogP contribution in [-0.2, 0) is 30.6 Å². The van der Waals surface area contributed by atoms with Crippen molar-refractivity contribution in [3.8, 4) is 0 Å². The zero-order valence-electron chi connectivity index (χ0n) is 16.1. The van der Waals surface area contributed by atoms with Crippen LogP contribution in [0.4, 0.5) is 0 Å². The fourth-order valence-electron chi connectivity index (χ4n) is 4.17. The molecule has 1 heterocycles. The van der Waals surface area contributed by atoms with Crippen molar-refractivity contribution in [1.29, 1.82) is 0 Å². The largest absolute Gasteiger partial charge is 0.455 e. The van der Waals surface area contributed by atoms with Gasteiger partial charge in [-0.25, -0.2) is 8.42 Å². The average molecular weight is 462 g/mol. The fraction of sp³-hybridized carbons (Fsp3) is 0.600. The van der Waals surface area contributed by atoms with Crippen LogP contribution in [0.25, 0.3) is 0 Å². The van der Waals surface area contributed by atoms with Crippen LogP contribution in [0.2, 0.25) is 10.0 Å². The Morgan fingerprint density at radius 1 is 1.03 bits per heavy atom. The molecule has 2 aliphatic rings. The third-order valence-corrected chi connectivity index (χ3v) is 8.06. The van der Waals surface area contributed by atoms with E-state index in [-0.39, 0.29) is 35.9 Å². The minimum absolute atomic E-state index is 0.00580. The molecule has 1 aromatic carbocycles. The van der Waals surface area contributed by atoms with Gasteiger partial charge in [-0.3, -0.25) is 9.59 Å². The summed E-state index contributed by atoms with van der Waals surface area (Å²) in [4.78, 5) is 26.9. The maximum absolute atomic E-state index is 12.9. The SMILES string of the molecule is O=C(Cc1c(Cl)cccc1Cl)OCC(=O)N(C1CCCCC1)C1CCS(=O)(=O)C1. The normalized spacial score (nSPS) is 21.7. The summed E-state index contributed by atoms with van der Waals surface area (Å²) in [6.07, 6.45) is 5.16. The lowest BCUT2D eigenvalue weighted by atomic mass is 9.93. The first-order valence-corrected chi connectivity index (χ1v) is 12.4. The number of ether oxygens (including phenoxy) is 1. The molecule has 6 nitrogen and oxygen atoms in total. The summed E-state index contributed by atoms with van der Waals surface area (Å²) in [5.74, 6) is -0.856. The van der Waals surface area contributed by atoms with Gasteiger partial charge in [0.25, 0.3) is 5.91 Å². The summed E-state index contributed by atoms with van der Waals surface area (Å²) in [6, 6.07) is 4.61. The van der Waals surface area contributed by atoms with Gasteiger partial charge in [0.1, 0.15) is 0 Å². The molecule has 3 rings (SSSR count). The molecule has 9 heteroatoms. The van der Waals surface area contributed by atoms with E-state index < -0.39 is 22.4 Å². The highest BCUT2D eigenvalue weighted by Gasteiger charge is 2.38. The zero-order chi connectivity index (χ0) is 21.0. The number of hydrogen-bond acceptors (Lipinski definition) is 5. The Hall–Kier alpha value is -1.31. The van der Waals surface area contributed by atoms with Crippen molar-refractivity contribution in [1.82, 2.24) is 4.90 Å². The van der Waals surface area contributed by atoms with Crippen molar-refractivity contribution < 1.29 is 22.7 Å². The standard InChI is InChI=1S/C20H25Cl2NO5S/c21-17-7-4-8-18(22)16(17)11-20(25)28-12-19(24)23(14-5-2-1-3-6-14)15-9-10-29(26,27)13-15/h4,7-8,14-15H,1-3,5-6,9-13H2. The molecule has 29 heavy (non-hydrogen) atoms. The van der Waals surface area contributed by atoms with E-state index in [1.165, 1.54) is 0 Å². The molecule has 2 fully saturated rings. The Balaban J connectivity index is 1.64. The van der Waals surface area contributed by atoms with E-state index in [1.807, 2.05) is 0 Å². The fourth-order valence-corrected chi connectivity index (χ4v) is 6.42. The number of carbonyl (C=O) groups is 2. The molecule has 1 unspecified atom stereocenters. The van der Waals surface area contributed by atoms with E-state index in [9.17, 15) is 18.0 Å². The molecule has 160 valence electrons. The monoisotopic (exact) mass is 461 g/mol. The molecule has 0 N–H and O–H groups in total. The van der Waals surface area contributed by atoms with Gasteiger partial charge in [0.15, 0.2) is 16.4 Å². The highest BCUT2D eigenvalue weighted by atomic mass is 35.5. The summed E-state index contributed by atoms with van der Waals surface area (Å²) >= 11 is 12.2. The van der Waals surface area contributed by atoms with E-state index in [0.717, 1.165) is 32.1 Å². The second kappa shape index (κ2) is 9.67. The number of benzene rings is 1. The lowest BCUT2D eigenvalue weighted by Crippen LogP contribution is -2.50. The number of carbonyl (C=O) groups excluding carboxylic acids is 2. The first kappa shape index (κ1) is 22.4. The second-order valence-electron chi connectivity index (χ2n) is 7.69. The number of sulfone groups is 1. The Morgan fingerprint density at radius 2 is 1.69 bits per heavy atom. The molecule has 1 saturated carbocycles. The van der Waals surface area contributed by atoms with Crippen LogP contribution in [-0.4, -0.2) is 55.4 Å². The van der Waals surface area contributed by atoms with E-state index in [1.54, 1.807) is 23.1 Å². The quantitative estimate of drug-likeness (QED) is 0.606. The van der Waals surface area contributed by atoms with Crippen molar-refractivity contribution in [2.45, 2.75) is 57.0 Å². The topological polar surface area (TPSA) is 80.8 Å². The molecule has 0 aromatic heterocycles. The molecule has 0 spiro atoms. The average Bonchev–Trinajstić information content (AvgIpc) is 3.03. The van der Waals surface area contributed by atoms with Gasteiger partial charge in [0.05, 0.1) is 17.9 Å². The Labute approximate surface area is 181 Å². The molecule has 0 bridgehead atoms. The van der Waals surface area contributed by atoms with E-state index in [4.69, 9.17) is 27.9 Å². The molecule has 1 aliphatic carbocycles. The molecular weight excluding hydrogens is 437 g/mol. The first-order chi connectivity index (χ1) is 13.8. The van der Waals surface area contributed by atoms with E-state index >= 15 is 0 Å². The molecule has 1 amide bonds. The lowest BCUT2D eigenvalue weighted by Gasteiger charge is -2.38. The molecule has 1 saturated heterocycles. The van der Waals surface area contributed by atoms with Gasteiger partial charge in [-0.2, -0.15) is 0 Å². The van der Waals surface area contributed by atoms with Gasteiger partial charge in [-0.05, 0) is 31.4 Å². The highest BCUT2D eigenvalue weighted by Crippen LogP contribution is 2.29. The predicted molar refractivity (Wildman–Crippen MR) is 112 cm³/mol. The Kier molecular flexibility index (Phi) is 7.46. The van der Waals surface area contributed by atoms with Crippen LogP contribution in [0.3, 0.4) is 0 Å². The summed E-state index contributed by atoms with van der Waals surface area (Å²) in [7, 11) is -3.13. The third kappa shape index (κ3) is 5.86. The van der Waals surface area contributed by atoms with Gasteiger partial charge in [-0.1, -0.05) is 48.5 Å². The number of amides is 1. The lowest BCUT2D eigenvalue weighted by molar-refractivity contribution is -0.154. The van der Waals surface area contributed by atoms with Crippen molar-refractivity contribution in [2.75, 3.05) is 18.1 Å². The van der Waals surface area contributed by atoms with E-state index in [0.29, 0.717) is 22.0 Å². The van der Waals surface area contributed by atoms with Crippen molar-refractivity contribution in [3.63, 3.8) is 0 Å². The number of hydrogen-bond donors (Lipinski definition) is 0. The van der Waals surface area contributed by atoms with Crippen molar-refractivity contribution in [3.05, 3.63) is 33.8 Å². The maximum Gasteiger partial charge on any atom is 0.310 e. The second-order valence-corrected chi connectivity index (χ2v) is 10.7. The summed E-state index contributed by atoms with van der Waals surface area (Å²) in [5, 5.41) is 0.724. The highest BCUT2D eigenvalue weighted by molar-refractivity contribution is 7.91. The minimum atomic E-state index is -3.13. The smallest absolute Gasteiger partial charge is 0.310 e. The van der Waals surface area contributed by atoms with Crippen LogP contribution in [0.1, 0.15) is 44.1 Å². The Bertz CT molecular complexity index is 847. The summed E-state index contributed by atoms with van der Waals surface area (Å²) < 4.78 is 29.1. The van der Waals surface area contributed by atoms with Gasteiger partial charge in [0, 0.05) is 27.7 Å². The third-order valence-electron chi connectivity index (χ3n) is 5.60. The van der Waals surface area contributed by atoms with Gasteiger partial charge in [0.2, 0.25) is 0 Å².